The molecule has 0 aromatic heterocycles. The van der Waals surface area contributed by atoms with Gasteiger partial charge in [-0.15, -0.1) is 0 Å². The summed E-state index contributed by atoms with van der Waals surface area (Å²) in [5.41, 5.74) is 1.16. The van der Waals surface area contributed by atoms with Gasteiger partial charge in [-0.05, 0) is 18.4 Å². The van der Waals surface area contributed by atoms with Crippen molar-refractivity contribution >= 4 is 11.6 Å². The van der Waals surface area contributed by atoms with E-state index >= 15 is 0 Å². The maximum atomic E-state index is 5.33. The second-order valence-corrected chi connectivity index (χ2v) is 3.48. The van der Waals surface area contributed by atoms with Gasteiger partial charge < -0.3 is 9.47 Å². The van der Waals surface area contributed by atoms with E-state index in [1.807, 2.05) is 30.3 Å². The van der Waals surface area contributed by atoms with Gasteiger partial charge in [-0.1, -0.05) is 41.9 Å². The molecule has 0 amide bonds. The highest BCUT2D eigenvalue weighted by Crippen LogP contribution is 2.00. The number of halogens is 1. The van der Waals surface area contributed by atoms with E-state index in [-0.39, 0.29) is 6.07 Å². The molecule has 1 saturated heterocycles. The Labute approximate surface area is 96.2 Å². The van der Waals surface area contributed by atoms with Crippen LogP contribution >= 0.6 is 11.6 Å². The molecule has 2 nitrogen and oxygen atoms in total. The van der Waals surface area contributed by atoms with Crippen molar-refractivity contribution in [2.45, 2.75) is 19.4 Å². The highest BCUT2D eigenvalue weighted by molar-refractivity contribution is 6.17. The fourth-order valence-electron chi connectivity index (χ4n) is 1.24. The van der Waals surface area contributed by atoms with Crippen LogP contribution in [0, 0.1) is 0 Å². The molecular formula is C12H17ClO2. The summed E-state index contributed by atoms with van der Waals surface area (Å²) in [4.78, 5) is 0. The molecule has 84 valence electrons. The molecule has 3 heteroatoms. The van der Waals surface area contributed by atoms with E-state index in [0.29, 0.717) is 6.61 Å². The Balaban J connectivity index is 0.000000187. The first-order valence-corrected chi connectivity index (χ1v) is 5.72. The smallest absolute Gasteiger partial charge is 0.121 e. The average Bonchev–Trinajstić information content (AvgIpc) is 2.86. The molecule has 0 N–H and O–H groups in total. The number of hydrogen-bond donors (Lipinski definition) is 0. The lowest BCUT2D eigenvalue weighted by Gasteiger charge is -1.97. The highest BCUT2D eigenvalue weighted by atomic mass is 35.5. The van der Waals surface area contributed by atoms with Crippen molar-refractivity contribution in [1.29, 1.82) is 0 Å². The van der Waals surface area contributed by atoms with E-state index in [2.05, 4.69) is 0 Å². The third-order valence-electron chi connectivity index (χ3n) is 2.02. The molecule has 0 spiro atoms. The van der Waals surface area contributed by atoms with Crippen molar-refractivity contribution in [3.8, 4) is 0 Å². The molecule has 15 heavy (non-hydrogen) atoms. The molecule has 1 aromatic rings. The molecular weight excluding hydrogens is 212 g/mol. The monoisotopic (exact) mass is 228 g/mol. The Bertz CT molecular complexity index is 227. The largest absolute Gasteiger partial charge is 0.381 e. The Kier molecular flexibility index (Phi) is 7.26. The van der Waals surface area contributed by atoms with Crippen LogP contribution < -0.4 is 0 Å². The number of hydrogen-bond acceptors (Lipinski definition) is 2. The Morgan fingerprint density at radius 3 is 2.27 bits per heavy atom. The summed E-state index contributed by atoms with van der Waals surface area (Å²) in [5, 5.41) is 0. The number of ether oxygens (including phenoxy) is 2. The zero-order valence-electron chi connectivity index (χ0n) is 8.82. The summed E-state index contributed by atoms with van der Waals surface area (Å²) in [6, 6.07) is 10.2. The summed E-state index contributed by atoms with van der Waals surface area (Å²) in [5.74, 6) is 0. The second kappa shape index (κ2) is 8.72. The molecule has 0 atom stereocenters. The lowest BCUT2D eigenvalue weighted by molar-refractivity contribution is 0.165. The van der Waals surface area contributed by atoms with Crippen LogP contribution in [0.2, 0.25) is 0 Å². The van der Waals surface area contributed by atoms with E-state index < -0.39 is 0 Å². The summed E-state index contributed by atoms with van der Waals surface area (Å²) in [7, 11) is 0. The van der Waals surface area contributed by atoms with Crippen LogP contribution in [-0.2, 0) is 16.1 Å². The van der Waals surface area contributed by atoms with Gasteiger partial charge in [-0.25, -0.2) is 0 Å². The minimum absolute atomic E-state index is 0.259. The van der Waals surface area contributed by atoms with Gasteiger partial charge in [0.15, 0.2) is 0 Å². The third-order valence-corrected chi connectivity index (χ3v) is 2.17. The standard InChI is InChI=1S/C8H9ClO.C4H8O/c9-7-10-6-8-4-2-1-3-5-8;1-2-4-5-3-1/h1-5H,6-7H2;1-4H2. The van der Waals surface area contributed by atoms with Gasteiger partial charge >= 0.3 is 0 Å². The van der Waals surface area contributed by atoms with Crippen LogP contribution in [0.5, 0.6) is 0 Å². The van der Waals surface area contributed by atoms with Crippen molar-refractivity contribution in [1.82, 2.24) is 0 Å². The first-order valence-electron chi connectivity index (χ1n) is 5.19. The SMILES string of the molecule is C1CCOC1.ClCOCc1ccccc1. The summed E-state index contributed by atoms with van der Waals surface area (Å²) in [6.07, 6.45) is 2.56. The van der Waals surface area contributed by atoms with E-state index in [1.165, 1.54) is 12.8 Å². The number of rotatable bonds is 3. The van der Waals surface area contributed by atoms with Gasteiger partial charge in [-0.3, -0.25) is 0 Å². The van der Waals surface area contributed by atoms with Crippen LogP contribution in [0.25, 0.3) is 0 Å². The van der Waals surface area contributed by atoms with Crippen LogP contribution in [-0.4, -0.2) is 19.3 Å². The topological polar surface area (TPSA) is 18.5 Å². The van der Waals surface area contributed by atoms with Gasteiger partial charge in [0.1, 0.15) is 6.07 Å². The lowest BCUT2D eigenvalue weighted by atomic mass is 10.2. The third kappa shape index (κ3) is 6.50. The molecule has 0 bridgehead atoms. The maximum absolute atomic E-state index is 5.33. The van der Waals surface area contributed by atoms with Crippen molar-refractivity contribution < 1.29 is 9.47 Å². The maximum Gasteiger partial charge on any atom is 0.121 e. The zero-order chi connectivity index (χ0) is 10.8. The molecule has 0 unspecified atom stereocenters. The molecule has 0 saturated carbocycles. The van der Waals surface area contributed by atoms with Crippen LogP contribution in [0.1, 0.15) is 18.4 Å². The van der Waals surface area contributed by atoms with Crippen molar-refractivity contribution in [3.63, 3.8) is 0 Å². The Morgan fingerprint density at radius 2 is 1.80 bits per heavy atom. The van der Waals surface area contributed by atoms with Gasteiger partial charge in [0.25, 0.3) is 0 Å². The van der Waals surface area contributed by atoms with Gasteiger partial charge in [0.2, 0.25) is 0 Å². The van der Waals surface area contributed by atoms with E-state index in [0.717, 1.165) is 18.8 Å². The normalized spacial score (nSPS) is 14.5. The molecule has 1 aliphatic heterocycles. The fraction of sp³-hybridized carbons (Fsp3) is 0.500. The lowest BCUT2D eigenvalue weighted by Crippen LogP contribution is -1.88. The van der Waals surface area contributed by atoms with E-state index in [4.69, 9.17) is 21.1 Å². The molecule has 0 radical (unpaired) electrons. The molecule has 1 aliphatic rings. The van der Waals surface area contributed by atoms with E-state index in [9.17, 15) is 0 Å². The molecule has 1 aromatic carbocycles. The summed E-state index contributed by atoms with van der Waals surface area (Å²) in [6.45, 7) is 2.60. The van der Waals surface area contributed by atoms with Crippen molar-refractivity contribution in [3.05, 3.63) is 35.9 Å². The van der Waals surface area contributed by atoms with Gasteiger partial charge in [-0.2, -0.15) is 0 Å². The molecule has 2 rings (SSSR count). The Hall–Kier alpha value is -0.570. The summed E-state index contributed by atoms with van der Waals surface area (Å²) >= 11 is 5.33. The van der Waals surface area contributed by atoms with Gasteiger partial charge in [0, 0.05) is 13.2 Å². The minimum Gasteiger partial charge on any atom is -0.381 e. The number of alkyl halides is 1. The highest BCUT2D eigenvalue weighted by Gasteiger charge is 1.94. The molecule has 0 aliphatic carbocycles. The molecule has 1 heterocycles. The summed E-state index contributed by atoms with van der Waals surface area (Å²) < 4.78 is 9.93. The predicted octanol–water partition coefficient (Wildman–Crippen LogP) is 3.20. The zero-order valence-corrected chi connectivity index (χ0v) is 9.58. The number of benzene rings is 1. The fourth-order valence-corrected chi connectivity index (χ4v) is 1.32. The Morgan fingerprint density at radius 1 is 1.13 bits per heavy atom. The first kappa shape index (κ1) is 12.5. The van der Waals surface area contributed by atoms with Crippen LogP contribution in [0.3, 0.4) is 0 Å². The minimum atomic E-state index is 0.259. The predicted molar refractivity (Wildman–Crippen MR) is 62.0 cm³/mol. The van der Waals surface area contributed by atoms with Crippen LogP contribution in [0.4, 0.5) is 0 Å². The molecule has 1 fully saturated rings. The second-order valence-electron chi connectivity index (χ2n) is 3.26. The van der Waals surface area contributed by atoms with Crippen LogP contribution in [0.15, 0.2) is 30.3 Å². The quantitative estimate of drug-likeness (QED) is 0.740. The van der Waals surface area contributed by atoms with Gasteiger partial charge in [0.05, 0.1) is 6.61 Å². The van der Waals surface area contributed by atoms with E-state index in [1.54, 1.807) is 0 Å². The van der Waals surface area contributed by atoms with Crippen molar-refractivity contribution in [2.75, 3.05) is 19.3 Å². The average molecular weight is 229 g/mol. The first-order chi connectivity index (χ1) is 7.43. The van der Waals surface area contributed by atoms with Crippen molar-refractivity contribution in [2.24, 2.45) is 0 Å².